The predicted molar refractivity (Wildman–Crippen MR) is 71.8 cm³/mol. The largest absolute Gasteiger partial charge is 0.338 e. The van der Waals surface area contributed by atoms with Crippen LogP contribution < -0.4 is 5.73 Å². The monoisotopic (exact) mass is 281 g/mol. The van der Waals surface area contributed by atoms with Gasteiger partial charge in [0, 0.05) is 25.7 Å². The number of halogens is 2. The van der Waals surface area contributed by atoms with Crippen molar-refractivity contribution in [2.75, 3.05) is 26.2 Å². The number of rotatable bonds is 1. The fourth-order valence-electron chi connectivity index (χ4n) is 2.84. The molecule has 0 aromatic heterocycles. The SMILES string of the molecule is Cl.Cl.NC1(C(=O)N2CCN3CCCC3C2)CC1. The molecule has 2 aliphatic heterocycles. The summed E-state index contributed by atoms with van der Waals surface area (Å²) in [5.74, 6) is 0.203. The van der Waals surface area contributed by atoms with Crippen molar-refractivity contribution < 1.29 is 4.79 Å². The molecule has 3 rings (SSSR count). The molecule has 1 atom stereocenters. The van der Waals surface area contributed by atoms with Crippen LogP contribution in [0.3, 0.4) is 0 Å². The first-order chi connectivity index (χ1) is 7.19. The Kier molecular flexibility index (Phi) is 4.69. The van der Waals surface area contributed by atoms with E-state index in [9.17, 15) is 4.79 Å². The molecule has 0 spiro atoms. The molecule has 4 nitrogen and oxygen atoms in total. The lowest BCUT2D eigenvalue weighted by Gasteiger charge is -2.38. The van der Waals surface area contributed by atoms with Crippen molar-refractivity contribution in [1.29, 1.82) is 0 Å². The second kappa shape index (κ2) is 5.31. The second-order valence-corrected chi connectivity index (χ2v) is 5.24. The number of hydrogen-bond acceptors (Lipinski definition) is 3. The second-order valence-electron chi connectivity index (χ2n) is 5.24. The first-order valence-corrected chi connectivity index (χ1v) is 6.01. The Balaban J connectivity index is 0.000000722. The number of amides is 1. The highest BCUT2D eigenvalue weighted by Gasteiger charge is 2.49. The van der Waals surface area contributed by atoms with Gasteiger partial charge in [0.25, 0.3) is 0 Å². The lowest BCUT2D eigenvalue weighted by Crippen LogP contribution is -2.56. The molecule has 3 fully saturated rings. The van der Waals surface area contributed by atoms with Gasteiger partial charge >= 0.3 is 0 Å². The lowest BCUT2D eigenvalue weighted by atomic mass is 10.1. The summed E-state index contributed by atoms with van der Waals surface area (Å²) in [6.45, 7) is 4.07. The fourth-order valence-corrected chi connectivity index (χ4v) is 2.84. The predicted octanol–water partition coefficient (Wildman–Crippen LogP) is 0.628. The Hall–Kier alpha value is -0.0300. The van der Waals surface area contributed by atoms with Gasteiger partial charge in [-0.05, 0) is 32.2 Å². The molecule has 17 heavy (non-hydrogen) atoms. The van der Waals surface area contributed by atoms with Crippen LogP contribution in [0.25, 0.3) is 0 Å². The van der Waals surface area contributed by atoms with Gasteiger partial charge in [0.15, 0.2) is 0 Å². The molecular weight excluding hydrogens is 261 g/mol. The van der Waals surface area contributed by atoms with E-state index in [0.29, 0.717) is 6.04 Å². The maximum Gasteiger partial charge on any atom is 0.242 e. The highest BCUT2D eigenvalue weighted by molar-refractivity contribution is 5.89. The van der Waals surface area contributed by atoms with Gasteiger partial charge in [0.05, 0.1) is 5.54 Å². The van der Waals surface area contributed by atoms with E-state index in [2.05, 4.69) is 4.90 Å². The zero-order chi connectivity index (χ0) is 10.5. The van der Waals surface area contributed by atoms with E-state index in [0.717, 1.165) is 32.5 Å². The van der Waals surface area contributed by atoms with Crippen molar-refractivity contribution in [2.24, 2.45) is 5.73 Å². The first kappa shape index (κ1) is 15.0. The Bertz CT molecular complexity index is 296. The summed E-state index contributed by atoms with van der Waals surface area (Å²) in [4.78, 5) is 16.6. The van der Waals surface area contributed by atoms with Gasteiger partial charge in [0.2, 0.25) is 5.91 Å². The number of carbonyl (C=O) groups is 1. The van der Waals surface area contributed by atoms with E-state index >= 15 is 0 Å². The topological polar surface area (TPSA) is 49.6 Å². The number of piperazine rings is 1. The van der Waals surface area contributed by atoms with Crippen LogP contribution in [0.15, 0.2) is 0 Å². The minimum atomic E-state index is -0.471. The standard InChI is InChI=1S/C11H19N3O.2ClH/c12-11(3-4-11)10(15)14-7-6-13-5-1-2-9(13)8-14;;/h9H,1-8,12H2;2*1H. The zero-order valence-electron chi connectivity index (χ0n) is 9.93. The van der Waals surface area contributed by atoms with Crippen LogP contribution in [-0.2, 0) is 4.79 Å². The highest BCUT2D eigenvalue weighted by Crippen LogP contribution is 2.35. The molecule has 2 saturated heterocycles. The van der Waals surface area contributed by atoms with E-state index in [1.165, 1.54) is 19.4 Å². The van der Waals surface area contributed by atoms with E-state index in [1.54, 1.807) is 0 Å². The van der Waals surface area contributed by atoms with Gasteiger partial charge in [0.1, 0.15) is 0 Å². The van der Waals surface area contributed by atoms with Crippen molar-refractivity contribution in [3.8, 4) is 0 Å². The summed E-state index contributed by atoms with van der Waals surface area (Å²) in [5.41, 5.74) is 5.48. The maximum absolute atomic E-state index is 12.1. The third-order valence-electron chi connectivity index (χ3n) is 4.09. The molecule has 0 bridgehead atoms. The molecule has 2 N–H and O–H groups in total. The molecule has 1 unspecified atom stereocenters. The average Bonchev–Trinajstić information content (AvgIpc) is 2.82. The van der Waals surface area contributed by atoms with Crippen molar-refractivity contribution in [3.63, 3.8) is 0 Å². The Morgan fingerprint density at radius 1 is 1.18 bits per heavy atom. The number of nitrogens with two attached hydrogens (primary N) is 1. The summed E-state index contributed by atoms with van der Waals surface area (Å²) >= 11 is 0. The van der Waals surface area contributed by atoms with Crippen LogP contribution in [0, 0.1) is 0 Å². The molecule has 100 valence electrons. The zero-order valence-corrected chi connectivity index (χ0v) is 11.6. The van der Waals surface area contributed by atoms with Crippen molar-refractivity contribution in [1.82, 2.24) is 9.80 Å². The fraction of sp³-hybridized carbons (Fsp3) is 0.909. The molecule has 0 aromatic rings. The molecule has 0 radical (unpaired) electrons. The average molecular weight is 282 g/mol. The maximum atomic E-state index is 12.1. The molecule has 0 aromatic carbocycles. The van der Waals surface area contributed by atoms with Gasteiger partial charge in [-0.2, -0.15) is 0 Å². The summed E-state index contributed by atoms with van der Waals surface area (Å²) in [6.07, 6.45) is 4.31. The van der Waals surface area contributed by atoms with Gasteiger partial charge < -0.3 is 10.6 Å². The third-order valence-corrected chi connectivity index (χ3v) is 4.09. The normalized spacial score (nSPS) is 29.9. The third kappa shape index (κ3) is 2.70. The molecule has 1 amide bonds. The van der Waals surface area contributed by atoms with E-state index in [1.807, 2.05) is 4.90 Å². The quantitative estimate of drug-likeness (QED) is 0.767. The summed E-state index contributed by atoms with van der Waals surface area (Å²) in [6, 6.07) is 0.616. The van der Waals surface area contributed by atoms with Crippen molar-refractivity contribution >= 4 is 30.7 Å². The highest BCUT2D eigenvalue weighted by atomic mass is 35.5. The molecule has 1 aliphatic carbocycles. The number of carbonyl (C=O) groups excluding carboxylic acids is 1. The molecular formula is C11H21Cl2N3O. The molecule has 2 heterocycles. The van der Waals surface area contributed by atoms with Gasteiger partial charge in [-0.1, -0.05) is 0 Å². The van der Waals surface area contributed by atoms with Crippen LogP contribution in [0.5, 0.6) is 0 Å². The van der Waals surface area contributed by atoms with E-state index in [-0.39, 0.29) is 30.7 Å². The van der Waals surface area contributed by atoms with Crippen molar-refractivity contribution in [3.05, 3.63) is 0 Å². The minimum Gasteiger partial charge on any atom is -0.338 e. The summed E-state index contributed by atoms with van der Waals surface area (Å²) in [5, 5.41) is 0. The van der Waals surface area contributed by atoms with Crippen LogP contribution in [0.2, 0.25) is 0 Å². The number of fused-ring (bicyclic) bond motifs is 1. The lowest BCUT2D eigenvalue weighted by molar-refractivity contribution is -0.136. The summed E-state index contributed by atoms with van der Waals surface area (Å²) in [7, 11) is 0. The van der Waals surface area contributed by atoms with Crippen LogP contribution >= 0.6 is 24.8 Å². The molecule has 1 saturated carbocycles. The van der Waals surface area contributed by atoms with Crippen LogP contribution in [0.4, 0.5) is 0 Å². The molecule has 6 heteroatoms. The summed E-state index contributed by atoms with van der Waals surface area (Å²) < 4.78 is 0. The van der Waals surface area contributed by atoms with Gasteiger partial charge in [-0.25, -0.2) is 0 Å². The van der Waals surface area contributed by atoms with Gasteiger partial charge in [-0.15, -0.1) is 24.8 Å². The van der Waals surface area contributed by atoms with E-state index in [4.69, 9.17) is 5.73 Å². The Morgan fingerprint density at radius 2 is 1.88 bits per heavy atom. The first-order valence-electron chi connectivity index (χ1n) is 6.01. The minimum absolute atomic E-state index is 0. The smallest absolute Gasteiger partial charge is 0.242 e. The van der Waals surface area contributed by atoms with Gasteiger partial charge in [-0.3, -0.25) is 9.69 Å². The van der Waals surface area contributed by atoms with E-state index < -0.39 is 5.54 Å². The van der Waals surface area contributed by atoms with Crippen LogP contribution in [-0.4, -0.2) is 53.5 Å². The Morgan fingerprint density at radius 3 is 2.53 bits per heavy atom. The molecule has 3 aliphatic rings. The number of hydrogen-bond donors (Lipinski definition) is 1. The van der Waals surface area contributed by atoms with Crippen molar-refractivity contribution in [2.45, 2.75) is 37.3 Å². The Labute approximate surface area is 115 Å². The van der Waals surface area contributed by atoms with Crippen LogP contribution in [0.1, 0.15) is 25.7 Å². The number of nitrogens with zero attached hydrogens (tertiary/aromatic N) is 2.